The summed E-state index contributed by atoms with van der Waals surface area (Å²) in [6.07, 6.45) is 1.93. The SMILES string of the molecule is Cc1cc(-c2cc(C(=O)N3CCC(C)CC3CN)c3c(C)noc3n2)c(C)s1.Cl. The number of hydrogen-bond donors (Lipinski definition) is 1. The van der Waals surface area contributed by atoms with E-state index in [4.69, 9.17) is 10.3 Å². The summed E-state index contributed by atoms with van der Waals surface area (Å²) in [6, 6.07) is 4.07. The first-order valence-electron chi connectivity index (χ1n) is 9.74. The molecule has 0 radical (unpaired) electrons. The molecule has 4 rings (SSSR count). The number of nitrogens with two attached hydrogens (primary N) is 1. The number of rotatable bonds is 3. The number of aromatic nitrogens is 2. The zero-order valence-electron chi connectivity index (χ0n) is 17.2. The third kappa shape index (κ3) is 3.91. The number of nitrogens with zero attached hydrogens (tertiary/aromatic N) is 3. The predicted molar refractivity (Wildman–Crippen MR) is 119 cm³/mol. The normalized spacial score (nSPS) is 19.4. The van der Waals surface area contributed by atoms with Crippen molar-refractivity contribution in [3.05, 3.63) is 33.1 Å². The molecule has 3 aromatic heterocycles. The molecule has 3 aromatic rings. The molecule has 0 aromatic carbocycles. The minimum absolute atomic E-state index is 0. The molecule has 0 bridgehead atoms. The first-order valence-corrected chi connectivity index (χ1v) is 10.6. The van der Waals surface area contributed by atoms with E-state index in [0.717, 1.165) is 30.6 Å². The molecule has 0 aliphatic carbocycles. The van der Waals surface area contributed by atoms with E-state index in [0.29, 0.717) is 34.8 Å². The second-order valence-corrected chi connectivity index (χ2v) is 9.31. The number of likely N-dealkylation sites (tertiary alicyclic amines) is 1. The topological polar surface area (TPSA) is 85.2 Å². The number of aryl methyl sites for hydroxylation is 3. The minimum atomic E-state index is -0.00750. The Hall–Kier alpha value is -1.96. The molecule has 29 heavy (non-hydrogen) atoms. The maximum absolute atomic E-state index is 13.6. The van der Waals surface area contributed by atoms with Gasteiger partial charge in [-0.3, -0.25) is 4.79 Å². The average molecular weight is 435 g/mol. The molecule has 156 valence electrons. The molecule has 1 aliphatic rings. The Bertz CT molecular complexity index is 1040. The first-order chi connectivity index (χ1) is 13.4. The summed E-state index contributed by atoms with van der Waals surface area (Å²) in [5.74, 6) is 0.575. The van der Waals surface area contributed by atoms with Gasteiger partial charge < -0.3 is 15.2 Å². The van der Waals surface area contributed by atoms with Crippen LogP contribution in [0.25, 0.3) is 22.4 Å². The quantitative estimate of drug-likeness (QED) is 0.656. The van der Waals surface area contributed by atoms with Gasteiger partial charge in [0.15, 0.2) is 0 Å². The van der Waals surface area contributed by atoms with E-state index in [-0.39, 0.29) is 24.4 Å². The maximum atomic E-state index is 13.6. The lowest BCUT2D eigenvalue weighted by atomic mass is 9.91. The van der Waals surface area contributed by atoms with E-state index in [1.165, 1.54) is 9.75 Å². The van der Waals surface area contributed by atoms with E-state index in [9.17, 15) is 4.79 Å². The van der Waals surface area contributed by atoms with E-state index in [1.54, 1.807) is 11.3 Å². The van der Waals surface area contributed by atoms with Gasteiger partial charge in [0.1, 0.15) is 0 Å². The monoisotopic (exact) mass is 434 g/mol. The number of thiophene rings is 1. The number of carbonyl (C=O) groups excluding carboxylic acids is 1. The van der Waals surface area contributed by atoms with Crippen molar-refractivity contribution >= 4 is 40.8 Å². The van der Waals surface area contributed by atoms with Crippen LogP contribution in [0, 0.1) is 26.7 Å². The van der Waals surface area contributed by atoms with Gasteiger partial charge in [0, 0.05) is 34.4 Å². The van der Waals surface area contributed by atoms with Gasteiger partial charge in [0.25, 0.3) is 11.6 Å². The van der Waals surface area contributed by atoms with E-state index in [1.807, 2.05) is 17.9 Å². The molecule has 2 atom stereocenters. The van der Waals surface area contributed by atoms with Crippen LogP contribution in [0.4, 0.5) is 0 Å². The fourth-order valence-corrected chi connectivity index (χ4v) is 5.12. The number of pyridine rings is 1. The summed E-state index contributed by atoms with van der Waals surface area (Å²) >= 11 is 1.72. The molecule has 2 N–H and O–H groups in total. The molecule has 2 unspecified atom stereocenters. The van der Waals surface area contributed by atoms with Crippen LogP contribution in [0.2, 0.25) is 0 Å². The van der Waals surface area contributed by atoms with Gasteiger partial charge in [-0.05, 0) is 51.7 Å². The van der Waals surface area contributed by atoms with Crippen LogP contribution in [0.3, 0.4) is 0 Å². The summed E-state index contributed by atoms with van der Waals surface area (Å²) in [6.45, 7) is 9.42. The molecule has 1 saturated heterocycles. The molecular weight excluding hydrogens is 408 g/mol. The van der Waals surface area contributed by atoms with Crippen LogP contribution in [0.1, 0.15) is 45.6 Å². The van der Waals surface area contributed by atoms with Crippen molar-refractivity contribution in [1.29, 1.82) is 0 Å². The largest absolute Gasteiger partial charge is 0.335 e. The van der Waals surface area contributed by atoms with E-state index < -0.39 is 0 Å². The third-order valence-corrected chi connectivity index (χ3v) is 6.64. The Morgan fingerprint density at radius 2 is 2.10 bits per heavy atom. The number of carbonyl (C=O) groups is 1. The molecule has 1 aliphatic heterocycles. The van der Waals surface area contributed by atoms with Crippen molar-refractivity contribution in [2.24, 2.45) is 11.7 Å². The average Bonchev–Trinajstić information content (AvgIpc) is 3.22. The summed E-state index contributed by atoms with van der Waals surface area (Å²) in [5.41, 5.74) is 9.50. The molecule has 6 nitrogen and oxygen atoms in total. The molecular formula is C21H27ClN4O2S. The van der Waals surface area contributed by atoms with Gasteiger partial charge in [-0.2, -0.15) is 0 Å². The lowest BCUT2D eigenvalue weighted by Crippen LogP contribution is -2.49. The van der Waals surface area contributed by atoms with Crippen LogP contribution in [-0.2, 0) is 0 Å². The number of hydrogen-bond acceptors (Lipinski definition) is 6. The summed E-state index contributed by atoms with van der Waals surface area (Å²) in [4.78, 5) is 22.6. The zero-order valence-corrected chi connectivity index (χ0v) is 18.8. The predicted octanol–water partition coefficient (Wildman–Crippen LogP) is 4.50. The highest BCUT2D eigenvalue weighted by atomic mass is 35.5. The van der Waals surface area contributed by atoms with Crippen molar-refractivity contribution in [3.63, 3.8) is 0 Å². The Morgan fingerprint density at radius 3 is 2.76 bits per heavy atom. The summed E-state index contributed by atoms with van der Waals surface area (Å²) < 4.78 is 5.45. The van der Waals surface area contributed by atoms with Crippen LogP contribution in [0.15, 0.2) is 16.7 Å². The number of amides is 1. The Kier molecular flexibility index (Phi) is 6.31. The van der Waals surface area contributed by atoms with Crippen LogP contribution >= 0.6 is 23.7 Å². The van der Waals surface area contributed by atoms with Crippen LogP contribution < -0.4 is 5.73 Å². The molecule has 0 saturated carbocycles. The van der Waals surface area contributed by atoms with Crippen molar-refractivity contribution in [3.8, 4) is 11.3 Å². The van der Waals surface area contributed by atoms with Gasteiger partial charge in [-0.25, -0.2) is 4.98 Å². The Balaban J connectivity index is 0.00000240. The van der Waals surface area contributed by atoms with Crippen LogP contribution in [0.5, 0.6) is 0 Å². The van der Waals surface area contributed by atoms with Crippen LogP contribution in [-0.4, -0.2) is 40.1 Å². The lowest BCUT2D eigenvalue weighted by molar-refractivity contribution is 0.0575. The van der Waals surface area contributed by atoms with E-state index in [2.05, 4.69) is 37.0 Å². The highest BCUT2D eigenvalue weighted by molar-refractivity contribution is 7.12. The molecule has 1 amide bonds. The molecule has 1 fully saturated rings. The molecule has 8 heteroatoms. The lowest BCUT2D eigenvalue weighted by Gasteiger charge is -2.38. The van der Waals surface area contributed by atoms with Crippen molar-refractivity contribution in [2.45, 2.75) is 46.6 Å². The van der Waals surface area contributed by atoms with Gasteiger partial charge in [0.2, 0.25) is 0 Å². The number of fused-ring (bicyclic) bond motifs is 1. The van der Waals surface area contributed by atoms with Crippen molar-refractivity contribution < 1.29 is 9.32 Å². The van der Waals surface area contributed by atoms with Gasteiger partial charge in [-0.1, -0.05) is 12.1 Å². The fourth-order valence-electron chi connectivity index (χ4n) is 4.18. The maximum Gasteiger partial charge on any atom is 0.259 e. The Morgan fingerprint density at radius 1 is 1.34 bits per heavy atom. The second kappa shape index (κ2) is 8.42. The third-order valence-electron chi connectivity index (χ3n) is 5.68. The van der Waals surface area contributed by atoms with Gasteiger partial charge in [0.05, 0.1) is 22.3 Å². The van der Waals surface area contributed by atoms with E-state index >= 15 is 0 Å². The second-order valence-electron chi connectivity index (χ2n) is 7.85. The highest BCUT2D eigenvalue weighted by Crippen LogP contribution is 2.34. The zero-order chi connectivity index (χ0) is 20.0. The highest BCUT2D eigenvalue weighted by Gasteiger charge is 2.32. The number of piperidine rings is 1. The Labute approximate surface area is 180 Å². The molecule has 0 spiro atoms. The van der Waals surface area contributed by atoms with Gasteiger partial charge >= 0.3 is 0 Å². The standard InChI is InChI=1S/C21H26N4O2S.ClH/c1-11-5-6-25(15(7-11)10-22)21(26)17-9-18(16-8-12(2)28-14(16)4)23-20-19(17)13(3)24-27-20;/h8-9,11,15H,5-7,10,22H2,1-4H3;1H. The molecule has 4 heterocycles. The smallest absolute Gasteiger partial charge is 0.259 e. The minimum Gasteiger partial charge on any atom is -0.335 e. The fraction of sp³-hybridized carbons (Fsp3) is 0.476. The summed E-state index contributed by atoms with van der Waals surface area (Å²) in [5, 5.41) is 4.77. The summed E-state index contributed by atoms with van der Waals surface area (Å²) in [7, 11) is 0. The van der Waals surface area contributed by atoms with Gasteiger partial charge in [-0.15, -0.1) is 23.7 Å². The first kappa shape index (κ1) is 21.7. The number of halogens is 1. The van der Waals surface area contributed by atoms with Crippen molar-refractivity contribution in [1.82, 2.24) is 15.0 Å². The van der Waals surface area contributed by atoms with Crippen molar-refractivity contribution in [2.75, 3.05) is 13.1 Å².